The summed E-state index contributed by atoms with van der Waals surface area (Å²) < 4.78 is 54.3. The predicted molar refractivity (Wildman–Crippen MR) is 351 cm³/mol. The van der Waals surface area contributed by atoms with Crippen LogP contribution in [-0.2, 0) is 23.7 Å². The average Bonchev–Trinajstić information content (AvgIpc) is 1.09. The van der Waals surface area contributed by atoms with Crippen molar-refractivity contribution in [2.45, 2.75) is 96.7 Å². The van der Waals surface area contributed by atoms with Gasteiger partial charge in [0.2, 0.25) is 11.0 Å². The Kier molecular flexibility index (Phi) is 21.6. The number of carbonyl (C=O) groups is 3. The molecule has 8 aromatic rings. The van der Waals surface area contributed by atoms with Gasteiger partial charge in [0.05, 0.1) is 97.5 Å². The summed E-state index contributed by atoms with van der Waals surface area (Å²) in [5.74, 6) is 0.657. The van der Waals surface area contributed by atoms with Gasteiger partial charge in [0, 0.05) is 49.2 Å². The van der Waals surface area contributed by atoms with Crippen molar-refractivity contribution < 1.29 is 57.0 Å². The van der Waals surface area contributed by atoms with Crippen LogP contribution in [0.1, 0.15) is 116 Å². The number of hydrogen-bond donors (Lipinski definition) is 0. The number of para-hydroxylation sites is 3. The molecule has 1 amide bonds. The minimum absolute atomic E-state index is 0.0635. The van der Waals surface area contributed by atoms with Crippen molar-refractivity contribution >= 4 is 79.1 Å². The van der Waals surface area contributed by atoms with Crippen LogP contribution in [0, 0.1) is 11.3 Å². The molecule has 7 aromatic carbocycles. The largest absolute Gasteiger partial charge is 0.494 e. The van der Waals surface area contributed by atoms with Crippen molar-refractivity contribution in [2.24, 2.45) is 21.5 Å². The number of ether oxygens (including phenoxy) is 9. The number of benzene rings is 7. The van der Waals surface area contributed by atoms with E-state index in [9.17, 15) is 14.4 Å². The van der Waals surface area contributed by atoms with E-state index >= 15 is 0 Å². The predicted octanol–water partition coefficient (Wildman–Crippen LogP) is 15.0. The average molecular weight is 1240 g/mol. The van der Waals surface area contributed by atoms with Crippen molar-refractivity contribution in [3.8, 4) is 28.7 Å². The smallest absolute Gasteiger partial charge is 0.344 e. The second-order valence-corrected chi connectivity index (χ2v) is 23.9. The number of hydrogen-bond acceptors (Lipinski definition) is 17. The van der Waals surface area contributed by atoms with E-state index in [0.717, 1.165) is 106 Å². The van der Waals surface area contributed by atoms with Crippen LogP contribution in [0.3, 0.4) is 0 Å². The molecule has 2 saturated heterocycles. The molecule has 0 bridgehead atoms. The Balaban J connectivity index is 0.850. The van der Waals surface area contributed by atoms with Gasteiger partial charge in [-0.3, -0.25) is 4.79 Å². The number of rotatable bonds is 32. The van der Waals surface area contributed by atoms with Gasteiger partial charge >= 0.3 is 11.9 Å². The number of aromatic nitrogens is 1. The number of esters is 2. The Bertz CT molecular complexity index is 3690. The third kappa shape index (κ3) is 16.1. The molecular weight excluding hydrogens is 1160 g/mol. The summed E-state index contributed by atoms with van der Waals surface area (Å²) in [6, 6.07) is 45.7. The fourth-order valence-corrected chi connectivity index (χ4v) is 12.0. The lowest BCUT2D eigenvalue weighted by atomic mass is 9.84. The summed E-state index contributed by atoms with van der Waals surface area (Å²) in [5.41, 5.74) is 3.79. The first-order chi connectivity index (χ1) is 44.2. The highest BCUT2D eigenvalue weighted by atomic mass is 32.1. The summed E-state index contributed by atoms with van der Waals surface area (Å²) >= 11 is 1.38. The fraction of sp³-hybridized carbons (Fsp3) is 0.361. The van der Waals surface area contributed by atoms with Crippen molar-refractivity contribution in [3.63, 3.8) is 0 Å². The topological polar surface area (TPSA) is 182 Å². The zero-order valence-electron chi connectivity index (χ0n) is 51.3. The van der Waals surface area contributed by atoms with Gasteiger partial charge in [0.25, 0.3) is 0 Å². The van der Waals surface area contributed by atoms with Crippen molar-refractivity contribution in [1.82, 2.24) is 4.98 Å². The third-order valence-corrected chi connectivity index (χ3v) is 17.5. The molecule has 90 heavy (non-hydrogen) atoms. The summed E-state index contributed by atoms with van der Waals surface area (Å²) in [7, 11) is 1.43. The molecule has 3 heterocycles. The van der Waals surface area contributed by atoms with Gasteiger partial charge in [0.15, 0.2) is 11.5 Å². The Morgan fingerprint density at radius 2 is 1.34 bits per heavy atom. The molecule has 3 fully saturated rings. The van der Waals surface area contributed by atoms with Gasteiger partial charge < -0.3 is 42.6 Å². The number of amides is 1. The van der Waals surface area contributed by atoms with Crippen LogP contribution in [0.2, 0.25) is 0 Å². The molecule has 0 radical (unpaired) electrons. The Labute approximate surface area is 529 Å². The van der Waals surface area contributed by atoms with Crippen LogP contribution < -0.4 is 33.7 Å². The number of carbonyl (C=O) groups excluding carboxylic acids is 3. The summed E-state index contributed by atoms with van der Waals surface area (Å²) in [4.78, 5) is 47.4. The van der Waals surface area contributed by atoms with E-state index in [1.54, 1.807) is 47.8 Å². The minimum Gasteiger partial charge on any atom is -0.494 e. The summed E-state index contributed by atoms with van der Waals surface area (Å²) in [5, 5.41) is 14.9. The standard InChI is InChI=1S/C72H77N5O12S/c1-4-19-68(78)77(71-75-61-24-14-15-25-67(61)90-71)74-45-60-57-32-33-58(70(80)89-63-36-27-51(43-65(63)81-3)69(79)87-55-30-28-54(29-31-55)85-41-18-39-82-46-50-26-35-64-66(42-50)88-64)59(44-73-76(52-20-10-8-11-21-52)53-22-12-9-13-23-53)56(57)34-37-62(60)86-40-17-7-6-16-38-83-47-72(5-2)48-84-49-72/h8-15,20-25,27-34,36-37,43-45,50,64,66H,4-7,16-19,26,35,38-42,46-49H2,1-3H3/b73-44+,74-45+. The maximum absolute atomic E-state index is 14.9. The molecule has 0 spiro atoms. The highest BCUT2D eigenvalue weighted by Crippen LogP contribution is 2.40. The van der Waals surface area contributed by atoms with Crippen molar-refractivity contribution in [1.29, 1.82) is 0 Å². The molecule has 468 valence electrons. The fourth-order valence-electron chi connectivity index (χ4n) is 11.1. The van der Waals surface area contributed by atoms with E-state index in [-0.39, 0.29) is 40.4 Å². The second kappa shape index (κ2) is 30.8. The minimum atomic E-state index is -0.728. The normalized spacial score (nSPS) is 16.6. The Morgan fingerprint density at radius 3 is 2.07 bits per heavy atom. The van der Waals surface area contributed by atoms with E-state index in [4.69, 9.17) is 57.8 Å². The van der Waals surface area contributed by atoms with Crippen LogP contribution in [0.25, 0.3) is 21.0 Å². The first-order valence-electron chi connectivity index (χ1n) is 31.3. The quantitative estimate of drug-likeness (QED) is 0.00969. The van der Waals surface area contributed by atoms with Crippen molar-refractivity contribution in [3.05, 3.63) is 174 Å². The number of anilines is 3. The number of hydrazone groups is 2. The zero-order valence-corrected chi connectivity index (χ0v) is 52.1. The van der Waals surface area contributed by atoms with Crippen LogP contribution in [-0.4, -0.2) is 107 Å². The number of methoxy groups -OCH3 is 1. The molecule has 1 aromatic heterocycles. The molecule has 1 saturated carbocycles. The molecule has 2 aliphatic heterocycles. The lowest BCUT2D eigenvalue weighted by molar-refractivity contribution is -0.150. The van der Waals surface area contributed by atoms with Crippen LogP contribution >= 0.6 is 11.3 Å². The van der Waals surface area contributed by atoms with Gasteiger partial charge in [-0.05, 0) is 165 Å². The second-order valence-electron chi connectivity index (χ2n) is 22.9. The third-order valence-electron chi connectivity index (χ3n) is 16.5. The van der Waals surface area contributed by atoms with E-state index in [2.05, 4.69) is 6.92 Å². The number of epoxide rings is 1. The first-order valence-corrected chi connectivity index (χ1v) is 32.1. The van der Waals surface area contributed by atoms with Crippen LogP contribution in [0.15, 0.2) is 162 Å². The molecule has 0 N–H and O–H groups in total. The number of fused-ring (bicyclic) bond motifs is 3. The SMILES string of the molecule is CCCC(=O)N(/N=C/c1c(OCCCCCCOCC2(CC)COC2)ccc2c(/C=N/N(c3ccccc3)c3ccccc3)c(C(=O)Oc3ccc(C(=O)Oc4ccc(OCCCOCC5CCC6OC6C5)cc4)cc3OC)ccc12)c1nc2ccccc2s1. The molecule has 18 heteroatoms. The van der Waals surface area contributed by atoms with Gasteiger partial charge in [-0.25, -0.2) is 19.6 Å². The van der Waals surface area contributed by atoms with E-state index < -0.39 is 11.9 Å². The van der Waals surface area contributed by atoms with Gasteiger partial charge in [-0.2, -0.15) is 15.2 Å². The maximum atomic E-state index is 14.9. The van der Waals surface area contributed by atoms with E-state index in [0.29, 0.717) is 95.3 Å². The zero-order chi connectivity index (χ0) is 62.1. The molecule has 11 rings (SSSR count). The molecular formula is C72H77N5O12S. The monoisotopic (exact) mass is 1240 g/mol. The van der Waals surface area contributed by atoms with E-state index in [1.807, 2.05) is 110 Å². The van der Waals surface area contributed by atoms with Gasteiger partial charge in [-0.15, -0.1) is 0 Å². The van der Waals surface area contributed by atoms with Crippen LogP contribution in [0.4, 0.5) is 16.5 Å². The number of thiazole rings is 1. The molecule has 3 atom stereocenters. The first kappa shape index (κ1) is 63.1. The highest BCUT2D eigenvalue weighted by molar-refractivity contribution is 7.22. The number of unbranched alkanes of at least 4 members (excludes halogenated alkanes) is 3. The lowest BCUT2D eigenvalue weighted by Crippen LogP contribution is -2.45. The maximum Gasteiger partial charge on any atom is 0.344 e. The Morgan fingerprint density at radius 1 is 0.656 bits per heavy atom. The molecule has 3 aliphatic rings. The molecule has 17 nitrogen and oxygen atoms in total. The number of nitrogens with zero attached hydrogens (tertiary/aromatic N) is 5. The van der Waals surface area contributed by atoms with Gasteiger partial charge in [-0.1, -0.05) is 86.2 Å². The molecule has 3 unspecified atom stereocenters. The Hall–Kier alpha value is -8.52. The van der Waals surface area contributed by atoms with Crippen molar-refractivity contribution in [2.75, 3.05) is 70.0 Å². The van der Waals surface area contributed by atoms with Crippen LogP contribution in [0.5, 0.6) is 28.7 Å². The highest BCUT2D eigenvalue weighted by Gasteiger charge is 2.43. The van der Waals surface area contributed by atoms with Gasteiger partial charge in [0.1, 0.15) is 17.2 Å². The van der Waals surface area contributed by atoms with E-state index in [1.165, 1.54) is 41.7 Å². The molecule has 1 aliphatic carbocycles. The lowest BCUT2D eigenvalue weighted by Gasteiger charge is -2.40. The summed E-state index contributed by atoms with van der Waals surface area (Å²) in [6.45, 7) is 9.36. The summed E-state index contributed by atoms with van der Waals surface area (Å²) in [6.07, 6.45) is 13.9.